The predicted octanol–water partition coefficient (Wildman–Crippen LogP) is -1.26. The van der Waals surface area contributed by atoms with Crippen LogP contribution < -0.4 is 0 Å². The van der Waals surface area contributed by atoms with Gasteiger partial charge in [-0.05, 0) is 0 Å². The molecule has 1 radical (unpaired) electrons. The first-order chi connectivity index (χ1) is 4.21. The fourth-order valence-electron chi connectivity index (χ4n) is 0.0868. The zero-order valence-corrected chi connectivity index (χ0v) is 10.2. The third kappa shape index (κ3) is 14.7. The van der Waals surface area contributed by atoms with Gasteiger partial charge in [0.25, 0.3) is 0 Å². The van der Waals surface area contributed by atoms with E-state index in [9.17, 15) is 9.13 Å². The van der Waals surface area contributed by atoms with Crippen LogP contribution in [0.4, 0.5) is 0 Å². The molecule has 11 heteroatoms. The van der Waals surface area contributed by atoms with Crippen LogP contribution >= 0.6 is 15.6 Å². The van der Waals surface area contributed by atoms with E-state index >= 15 is 0 Å². The quantitative estimate of drug-likeness (QED) is 0.205. The summed E-state index contributed by atoms with van der Waals surface area (Å²) in [6, 6.07) is 0. The van der Waals surface area contributed by atoms with Crippen LogP contribution in [0.3, 0.4) is 0 Å². The number of hydrogen-bond donors (Lipinski definition) is 4. The molecule has 0 aliphatic carbocycles. The topological polar surface area (TPSA) is 134 Å². The molecule has 0 aliphatic rings. The summed E-state index contributed by atoms with van der Waals surface area (Å²) in [5.41, 5.74) is 0. The molecule has 0 spiro atoms. The van der Waals surface area contributed by atoms with Crippen molar-refractivity contribution in [1.82, 2.24) is 0 Å². The van der Waals surface area contributed by atoms with Crippen LogP contribution in [0.2, 0.25) is 0 Å². The Morgan fingerprint density at radius 1 is 0.818 bits per heavy atom. The van der Waals surface area contributed by atoms with Crippen molar-refractivity contribution < 1.29 is 38.1 Å². The largest absolute Gasteiger partial charge is 0.497 e. The molecule has 4 N–H and O–H groups in total. The zero-order valence-electron chi connectivity index (χ0n) is 5.32. The van der Waals surface area contributed by atoms with Crippen molar-refractivity contribution in [3.63, 3.8) is 0 Å². The van der Waals surface area contributed by atoms with Gasteiger partial charge < -0.3 is 19.6 Å². The molecule has 11 heavy (non-hydrogen) atoms. The monoisotopic (exact) mass is 233 g/mol. The maximum atomic E-state index is 9.68. The van der Waals surface area contributed by atoms with E-state index in [0.29, 0.717) is 0 Å². The van der Waals surface area contributed by atoms with Gasteiger partial charge in [-0.1, -0.05) is 0 Å². The van der Waals surface area contributed by atoms with Crippen molar-refractivity contribution in [3.05, 3.63) is 0 Å². The first-order valence-corrected chi connectivity index (χ1v) is 4.76. The molecule has 0 aliphatic heterocycles. The Hall–Kier alpha value is 1.86. The van der Waals surface area contributed by atoms with Gasteiger partial charge in [-0.15, -0.1) is 9.35 Å². The number of rotatable bonds is 3. The minimum atomic E-state index is -4.98. The molecule has 0 saturated heterocycles. The summed E-state index contributed by atoms with van der Waals surface area (Å²) >= 11 is 0. The van der Waals surface area contributed by atoms with Crippen LogP contribution in [0.5, 0.6) is 0 Å². The summed E-state index contributed by atoms with van der Waals surface area (Å²) in [7, 11) is -9.95. The van der Waals surface area contributed by atoms with Crippen LogP contribution in [0, 0.1) is 0 Å². The summed E-state index contributed by atoms with van der Waals surface area (Å²) in [5, 5.41) is 0. The summed E-state index contributed by atoms with van der Waals surface area (Å²) in [4.78, 5) is 31.2. The first kappa shape index (κ1) is 15.3. The molecule has 8 nitrogen and oxygen atoms in total. The van der Waals surface area contributed by atoms with E-state index in [1.807, 2.05) is 0 Å². The average molecular weight is 233 g/mol. The predicted molar refractivity (Wildman–Crippen MR) is 32.0 cm³/mol. The molecule has 0 aromatic carbocycles. The Morgan fingerprint density at radius 2 is 1.00 bits per heavy atom. The van der Waals surface area contributed by atoms with E-state index < -0.39 is 15.6 Å². The van der Waals surface area contributed by atoms with Crippen LogP contribution in [-0.4, -0.2) is 71.0 Å². The van der Waals surface area contributed by atoms with Crippen molar-refractivity contribution in [1.29, 1.82) is 0 Å². The fourth-order valence-corrected chi connectivity index (χ4v) is 0.782. The molecular weight excluding hydrogens is 229 g/mol. The summed E-state index contributed by atoms with van der Waals surface area (Å²) < 4.78 is 25.4. The Balaban J connectivity index is 0. The average Bonchev–Trinajstić information content (AvgIpc) is 1.57. The number of phosphoric acid groups is 2. The molecule has 0 aromatic heterocycles. The summed E-state index contributed by atoms with van der Waals surface area (Å²) in [5.74, 6) is 0. The van der Waals surface area contributed by atoms with Crippen molar-refractivity contribution in [3.8, 4) is 0 Å². The Bertz CT molecular complexity index is 162. The van der Waals surface area contributed by atoms with Gasteiger partial charge in [0.05, 0.1) is 0 Å². The van der Waals surface area contributed by atoms with Gasteiger partial charge in [-0.25, -0.2) is 9.13 Å². The Kier molecular flexibility index (Phi) is 7.75. The molecule has 0 amide bonds. The molecule has 0 unspecified atom stereocenters. The smallest absolute Gasteiger partial charge is 0.301 e. The zero-order chi connectivity index (χ0) is 8.41. The maximum Gasteiger partial charge on any atom is 0.497 e. The molecule has 0 atom stereocenters. The van der Waals surface area contributed by atoms with E-state index in [0.717, 1.165) is 0 Å². The van der Waals surface area contributed by atoms with E-state index in [1.165, 1.54) is 0 Å². The van der Waals surface area contributed by atoms with Crippen molar-refractivity contribution in [2.45, 2.75) is 0 Å². The van der Waals surface area contributed by atoms with Gasteiger partial charge in [0, 0.05) is 51.4 Å². The molecule has 63 valence electrons. The summed E-state index contributed by atoms with van der Waals surface area (Å²) in [6.45, 7) is 0. The van der Waals surface area contributed by atoms with Crippen LogP contribution in [0.1, 0.15) is 0 Å². The maximum absolute atomic E-state index is 9.68. The minimum absolute atomic E-state index is 0. The number of hydrogen-bond acceptors (Lipinski definition) is 4. The standard InChI is InChI=1S/K.H4O8P2/c;1-9(2,3)7-8-10(4,5)6/h;(H2,1,2,3)(H2,4,5,6). The summed E-state index contributed by atoms with van der Waals surface area (Å²) in [6.07, 6.45) is 0. The third-order valence-electron chi connectivity index (χ3n) is 0.228. The van der Waals surface area contributed by atoms with Gasteiger partial charge in [0.1, 0.15) is 0 Å². The Labute approximate surface area is 104 Å². The fraction of sp³-hybridized carbons (Fsp3) is 0. The molecule has 0 saturated carbocycles. The van der Waals surface area contributed by atoms with Gasteiger partial charge in [0.15, 0.2) is 0 Å². The normalized spacial score (nSPS) is 12.4. The first-order valence-electron chi connectivity index (χ1n) is 1.70. The van der Waals surface area contributed by atoms with Gasteiger partial charge in [-0.2, -0.15) is 0 Å². The van der Waals surface area contributed by atoms with E-state index in [4.69, 9.17) is 19.6 Å². The van der Waals surface area contributed by atoms with Crippen molar-refractivity contribution in [2.75, 3.05) is 0 Å². The van der Waals surface area contributed by atoms with E-state index in [2.05, 4.69) is 9.35 Å². The Morgan fingerprint density at radius 3 is 1.09 bits per heavy atom. The molecule has 0 rings (SSSR count). The molecular formula is H4KO8P2. The van der Waals surface area contributed by atoms with Crippen LogP contribution in [0.15, 0.2) is 0 Å². The van der Waals surface area contributed by atoms with Crippen molar-refractivity contribution >= 4 is 67.0 Å². The second kappa shape index (κ2) is 5.56. The van der Waals surface area contributed by atoms with Crippen LogP contribution in [-0.2, 0) is 18.5 Å². The molecule has 0 bridgehead atoms. The van der Waals surface area contributed by atoms with Gasteiger partial charge in [0.2, 0.25) is 0 Å². The third-order valence-corrected chi connectivity index (χ3v) is 0.883. The molecule has 0 heterocycles. The minimum Gasteiger partial charge on any atom is -0.301 e. The van der Waals surface area contributed by atoms with Crippen molar-refractivity contribution in [2.24, 2.45) is 0 Å². The molecule has 0 aromatic rings. The van der Waals surface area contributed by atoms with Gasteiger partial charge >= 0.3 is 15.6 Å². The second-order valence-electron chi connectivity index (χ2n) is 1.13. The molecule has 0 fully saturated rings. The SMILES string of the molecule is O=P(O)(O)OOP(=O)(O)O.[K]. The van der Waals surface area contributed by atoms with Gasteiger partial charge in [-0.3, -0.25) is 0 Å². The van der Waals surface area contributed by atoms with E-state index in [-0.39, 0.29) is 51.4 Å². The second-order valence-corrected chi connectivity index (χ2v) is 3.39. The van der Waals surface area contributed by atoms with Crippen LogP contribution in [0.25, 0.3) is 0 Å². The van der Waals surface area contributed by atoms with E-state index in [1.54, 1.807) is 0 Å².